The van der Waals surface area contributed by atoms with E-state index in [1.807, 2.05) is 11.0 Å². The van der Waals surface area contributed by atoms with Crippen LogP contribution in [0.3, 0.4) is 0 Å². The van der Waals surface area contributed by atoms with Gasteiger partial charge in [0.25, 0.3) is 0 Å². The van der Waals surface area contributed by atoms with E-state index in [2.05, 4.69) is 42.0 Å². The summed E-state index contributed by atoms with van der Waals surface area (Å²) in [7, 11) is 0. The van der Waals surface area contributed by atoms with Crippen molar-refractivity contribution in [1.29, 1.82) is 0 Å². The molecule has 22 heavy (non-hydrogen) atoms. The van der Waals surface area contributed by atoms with Crippen molar-refractivity contribution in [3.8, 4) is 12.3 Å². The van der Waals surface area contributed by atoms with E-state index in [0.717, 1.165) is 39.0 Å². The fourth-order valence-electron chi connectivity index (χ4n) is 2.87. The predicted octanol–water partition coefficient (Wildman–Crippen LogP) is 2.42. The number of rotatable bonds is 6. The number of hydrogen-bond acceptors (Lipinski definition) is 2. The summed E-state index contributed by atoms with van der Waals surface area (Å²) in [5.74, 6) is 3.39. The molecule has 1 aromatic carbocycles. The maximum absolute atomic E-state index is 12.4. The van der Waals surface area contributed by atoms with E-state index < -0.39 is 0 Å². The molecule has 1 aliphatic heterocycles. The van der Waals surface area contributed by atoms with Gasteiger partial charge in [0, 0.05) is 32.6 Å². The molecule has 2 rings (SSSR count). The predicted molar refractivity (Wildman–Crippen MR) is 90.4 cm³/mol. The van der Waals surface area contributed by atoms with Crippen LogP contribution in [0.4, 0.5) is 0 Å². The number of nitrogens with zero attached hydrogens (tertiary/aromatic N) is 2. The van der Waals surface area contributed by atoms with Gasteiger partial charge in [0.15, 0.2) is 0 Å². The van der Waals surface area contributed by atoms with Crippen molar-refractivity contribution in [3.05, 3.63) is 35.9 Å². The number of terminal acetylenes is 1. The molecule has 1 atom stereocenters. The summed E-state index contributed by atoms with van der Waals surface area (Å²) in [6, 6.07) is 10.5. The number of hydrogen-bond donors (Lipinski definition) is 0. The molecule has 1 saturated heterocycles. The molecule has 0 spiro atoms. The topological polar surface area (TPSA) is 23.6 Å². The van der Waals surface area contributed by atoms with E-state index in [9.17, 15) is 4.79 Å². The maximum atomic E-state index is 12.4. The van der Waals surface area contributed by atoms with E-state index in [-0.39, 0.29) is 0 Å². The molecule has 118 valence electrons. The van der Waals surface area contributed by atoms with Gasteiger partial charge >= 0.3 is 0 Å². The molecule has 1 aromatic rings. The average Bonchev–Trinajstić information content (AvgIpc) is 2.55. The molecule has 0 saturated carbocycles. The summed E-state index contributed by atoms with van der Waals surface area (Å²) in [5, 5.41) is 0. The summed E-state index contributed by atoms with van der Waals surface area (Å²) in [4.78, 5) is 16.6. The number of piperazine rings is 1. The van der Waals surface area contributed by atoms with Gasteiger partial charge in [0.05, 0.1) is 6.54 Å². The molecule has 0 radical (unpaired) electrons. The minimum absolute atomic E-state index is 0.293. The van der Waals surface area contributed by atoms with E-state index in [1.54, 1.807) is 0 Å². The first-order valence-electron chi connectivity index (χ1n) is 8.16. The number of carbonyl (C=O) groups is 1. The van der Waals surface area contributed by atoms with Gasteiger partial charge in [-0.2, -0.15) is 0 Å². The second kappa shape index (κ2) is 8.60. The van der Waals surface area contributed by atoms with Crippen LogP contribution in [0.15, 0.2) is 30.3 Å². The van der Waals surface area contributed by atoms with Gasteiger partial charge in [-0.15, -0.1) is 6.42 Å². The van der Waals surface area contributed by atoms with Gasteiger partial charge in [0.1, 0.15) is 0 Å². The Balaban J connectivity index is 1.69. The minimum atomic E-state index is 0.293. The number of aryl methyl sites for hydroxylation is 1. The monoisotopic (exact) mass is 298 g/mol. The van der Waals surface area contributed by atoms with Crippen LogP contribution in [0.25, 0.3) is 0 Å². The molecular formula is C19H26N2O. The zero-order valence-corrected chi connectivity index (χ0v) is 13.5. The van der Waals surface area contributed by atoms with Crippen LogP contribution in [0.1, 0.15) is 25.3 Å². The van der Waals surface area contributed by atoms with Crippen molar-refractivity contribution in [2.24, 2.45) is 5.92 Å². The van der Waals surface area contributed by atoms with Gasteiger partial charge in [-0.05, 0) is 24.3 Å². The lowest BCUT2D eigenvalue weighted by Crippen LogP contribution is -2.48. The fourth-order valence-corrected chi connectivity index (χ4v) is 2.87. The zero-order chi connectivity index (χ0) is 15.8. The zero-order valence-electron chi connectivity index (χ0n) is 13.5. The largest absolute Gasteiger partial charge is 0.340 e. The van der Waals surface area contributed by atoms with Gasteiger partial charge in [-0.1, -0.05) is 43.2 Å². The number of carbonyl (C=O) groups excluding carboxylic acids is 1. The third-order valence-corrected chi connectivity index (χ3v) is 4.33. The first-order valence-corrected chi connectivity index (χ1v) is 8.16. The third-order valence-electron chi connectivity index (χ3n) is 4.33. The van der Waals surface area contributed by atoms with Gasteiger partial charge < -0.3 is 4.90 Å². The normalized spacial score (nSPS) is 17.0. The van der Waals surface area contributed by atoms with Crippen LogP contribution in [0.5, 0.6) is 0 Å². The maximum Gasteiger partial charge on any atom is 0.222 e. The summed E-state index contributed by atoms with van der Waals surface area (Å²) >= 11 is 0. The average molecular weight is 298 g/mol. The second-order valence-electron chi connectivity index (χ2n) is 6.19. The lowest BCUT2D eigenvalue weighted by Gasteiger charge is -2.34. The Kier molecular flexibility index (Phi) is 6.48. The van der Waals surface area contributed by atoms with E-state index in [0.29, 0.717) is 24.8 Å². The van der Waals surface area contributed by atoms with Crippen molar-refractivity contribution in [2.45, 2.75) is 26.2 Å². The van der Waals surface area contributed by atoms with E-state index >= 15 is 0 Å². The Bertz CT molecular complexity index is 498. The van der Waals surface area contributed by atoms with Crippen molar-refractivity contribution >= 4 is 5.91 Å². The highest BCUT2D eigenvalue weighted by Gasteiger charge is 2.21. The van der Waals surface area contributed by atoms with Crippen LogP contribution in [0.2, 0.25) is 0 Å². The van der Waals surface area contributed by atoms with E-state index in [4.69, 9.17) is 6.42 Å². The standard InChI is InChI=1S/C19H26N2O/c1-3-11-20-12-14-21(15-13-20)19(22)16-17(2)9-10-18-7-5-4-6-8-18/h1,4-8,17H,9-16H2,2H3/t17-/m0/s1. The number of benzene rings is 1. The molecular weight excluding hydrogens is 272 g/mol. The molecule has 0 aliphatic carbocycles. The van der Waals surface area contributed by atoms with Gasteiger partial charge in [0.2, 0.25) is 5.91 Å². The van der Waals surface area contributed by atoms with Crippen molar-refractivity contribution in [1.82, 2.24) is 9.80 Å². The molecule has 1 aliphatic rings. The summed E-state index contributed by atoms with van der Waals surface area (Å²) in [6.45, 7) is 6.28. The SMILES string of the molecule is C#CCN1CCN(C(=O)C[C@@H](C)CCc2ccccc2)CC1. The molecule has 1 heterocycles. The van der Waals surface area contributed by atoms with Crippen LogP contribution in [-0.4, -0.2) is 48.4 Å². The molecule has 0 unspecified atom stereocenters. The Morgan fingerprint density at radius 1 is 1.23 bits per heavy atom. The summed E-state index contributed by atoms with van der Waals surface area (Å²) in [6.07, 6.45) is 8.09. The van der Waals surface area contributed by atoms with Crippen molar-refractivity contribution in [3.63, 3.8) is 0 Å². The molecule has 0 aromatic heterocycles. The Labute approximate surface area is 134 Å². The Morgan fingerprint density at radius 2 is 1.91 bits per heavy atom. The Morgan fingerprint density at radius 3 is 2.55 bits per heavy atom. The van der Waals surface area contributed by atoms with Crippen molar-refractivity contribution in [2.75, 3.05) is 32.7 Å². The molecule has 1 amide bonds. The summed E-state index contributed by atoms with van der Waals surface area (Å²) in [5.41, 5.74) is 1.35. The highest BCUT2D eigenvalue weighted by atomic mass is 16.2. The fraction of sp³-hybridized carbons (Fsp3) is 0.526. The highest BCUT2D eigenvalue weighted by Crippen LogP contribution is 2.15. The molecule has 0 bridgehead atoms. The molecule has 3 nitrogen and oxygen atoms in total. The molecule has 1 fully saturated rings. The lowest BCUT2D eigenvalue weighted by atomic mass is 9.97. The lowest BCUT2D eigenvalue weighted by molar-refractivity contribution is -0.133. The van der Waals surface area contributed by atoms with E-state index in [1.165, 1.54) is 5.56 Å². The first-order chi connectivity index (χ1) is 10.7. The minimum Gasteiger partial charge on any atom is -0.340 e. The van der Waals surface area contributed by atoms with Crippen molar-refractivity contribution < 1.29 is 4.79 Å². The van der Waals surface area contributed by atoms with Crippen LogP contribution in [0, 0.1) is 18.3 Å². The van der Waals surface area contributed by atoms with Crippen LogP contribution in [-0.2, 0) is 11.2 Å². The first kappa shape index (κ1) is 16.6. The second-order valence-corrected chi connectivity index (χ2v) is 6.19. The van der Waals surface area contributed by atoms with Crippen LogP contribution < -0.4 is 0 Å². The molecule has 3 heteroatoms. The number of amides is 1. The van der Waals surface area contributed by atoms with Gasteiger partial charge in [-0.25, -0.2) is 0 Å². The highest BCUT2D eigenvalue weighted by molar-refractivity contribution is 5.76. The molecule has 0 N–H and O–H groups in total. The van der Waals surface area contributed by atoms with Gasteiger partial charge in [-0.3, -0.25) is 9.69 Å². The summed E-state index contributed by atoms with van der Waals surface area (Å²) < 4.78 is 0. The Hall–Kier alpha value is -1.79. The van der Waals surface area contributed by atoms with Crippen LogP contribution >= 0.6 is 0 Å². The third kappa shape index (κ3) is 5.20. The quantitative estimate of drug-likeness (QED) is 0.753. The smallest absolute Gasteiger partial charge is 0.222 e.